The monoisotopic (exact) mass is 277 g/mol. The molecule has 0 radical (unpaired) electrons. The summed E-state index contributed by atoms with van der Waals surface area (Å²) in [6, 6.07) is 7.87. The molecule has 0 spiro atoms. The topological polar surface area (TPSA) is 57.8 Å². The second kappa shape index (κ2) is 7.19. The average molecular weight is 277 g/mol. The van der Waals surface area contributed by atoms with Crippen molar-refractivity contribution in [1.29, 1.82) is 0 Å². The first kappa shape index (κ1) is 13.9. The van der Waals surface area contributed by atoms with Gasteiger partial charge in [-0.25, -0.2) is 4.98 Å². The molecule has 0 saturated heterocycles. The van der Waals surface area contributed by atoms with E-state index in [-0.39, 0.29) is 5.91 Å². The number of nitrogens with zero attached hydrogens (tertiary/aromatic N) is 1. The van der Waals surface area contributed by atoms with E-state index in [2.05, 4.69) is 22.2 Å². The number of H-pyrrole nitrogens is 1. The Balaban J connectivity index is 1.77. The molecule has 102 valence electrons. The maximum Gasteiger partial charge on any atom is 0.230 e. The third-order valence-corrected chi connectivity index (χ3v) is 3.68. The van der Waals surface area contributed by atoms with Crippen LogP contribution in [0, 0.1) is 0 Å². The van der Waals surface area contributed by atoms with Crippen molar-refractivity contribution in [3.05, 3.63) is 24.3 Å². The van der Waals surface area contributed by atoms with Crippen LogP contribution in [0.15, 0.2) is 29.4 Å². The highest BCUT2D eigenvalue weighted by Crippen LogP contribution is 2.18. The van der Waals surface area contributed by atoms with Crippen LogP contribution in [0.2, 0.25) is 0 Å². The van der Waals surface area contributed by atoms with Gasteiger partial charge >= 0.3 is 0 Å². The largest absolute Gasteiger partial charge is 0.355 e. The molecule has 2 aromatic rings. The molecule has 4 nitrogen and oxygen atoms in total. The van der Waals surface area contributed by atoms with E-state index in [0.717, 1.165) is 35.6 Å². The normalized spacial score (nSPS) is 10.8. The van der Waals surface area contributed by atoms with Crippen LogP contribution in [-0.4, -0.2) is 28.2 Å². The molecule has 1 heterocycles. The van der Waals surface area contributed by atoms with Gasteiger partial charge in [0.2, 0.25) is 5.91 Å². The molecule has 0 atom stereocenters. The zero-order valence-corrected chi connectivity index (χ0v) is 11.9. The molecule has 0 unspecified atom stereocenters. The zero-order chi connectivity index (χ0) is 13.5. The van der Waals surface area contributed by atoms with Crippen molar-refractivity contribution >= 4 is 28.7 Å². The lowest BCUT2D eigenvalue weighted by molar-refractivity contribution is -0.118. The summed E-state index contributed by atoms with van der Waals surface area (Å²) in [5.41, 5.74) is 1.95. The minimum atomic E-state index is 0.0709. The molecule has 0 fully saturated rings. The predicted octanol–water partition coefficient (Wildman–Crippen LogP) is 2.96. The van der Waals surface area contributed by atoms with E-state index >= 15 is 0 Å². The van der Waals surface area contributed by atoms with Crippen molar-refractivity contribution < 1.29 is 4.79 Å². The fourth-order valence-electron chi connectivity index (χ4n) is 1.79. The maximum atomic E-state index is 11.6. The number of para-hydroxylation sites is 2. The average Bonchev–Trinajstić information content (AvgIpc) is 2.84. The lowest BCUT2D eigenvalue weighted by Gasteiger charge is -2.03. The summed E-state index contributed by atoms with van der Waals surface area (Å²) in [7, 11) is 0. The zero-order valence-electron chi connectivity index (χ0n) is 11.1. The van der Waals surface area contributed by atoms with Gasteiger partial charge in [0.05, 0.1) is 16.8 Å². The number of nitrogens with one attached hydrogen (secondary N) is 2. The number of carbonyl (C=O) groups is 1. The number of hydrogen-bond donors (Lipinski definition) is 2. The number of unbranched alkanes of at least 4 members (excludes halogenated alkanes) is 2. The van der Waals surface area contributed by atoms with E-state index in [0.29, 0.717) is 5.75 Å². The van der Waals surface area contributed by atoms with Crippen LogP contribution >= 0.6 is 11.8 Å². The Bertz CT molecular complexity index is 505. The molecule has 0 aliphatic carbocycles. The van der Waals surface area contributed by atoms with Crippen molar-refractivity contribution in [3.63, 3.8) is 0 Å². The molecule has 0 aliphatic heterocycles. The highest BCUT2D eigenvalue weighted by molar-refractivity contribution is 7.99. The highest BCUT2D eigenvalue weighted by Gasteiger charge is 2.06. The molecule has 2 rings (SSSR count). The smallest absolute Gasteiger partial charge is 0.230 e. The maximum absolute atomic E-state index is 11.6. The summed E-state index contributed by atoms with van der Waals surface area (Å²) in [5, 5.41) is 3.72. The number of hydrogen-bond acceptors (Lipinski definition) is 3. The Morgan fingerprint density at radius 3 is 3.00 bits per heavy atom. The van der Waals surface area contributed by atoms with Gasteiger partial charge in [-0.05, 0) is 18.6 Å². The molecule has 0 saturated carbocycles. The molecular weight excluding hydrogens is 258 g/mol. The summed E-state index contributed by atoms with van der Waals surface area (Å²) in [6.07, 6.45) is 3.39. The van der Waals surface area contributed by atoms with Crippen LogP contribution in [0.4, 0.5) is 0 Å². The number of carbonyl (C=O) groups excluding carboxylic acids is 1. The van der Waals surface area contributed by atoms with Crippen LogP contribution in [0.1, 0.15) is 26.2 Å². The third kappa shape index (κ3) is 4.28. The standard InChI is InChI=1S/C14H19N3OS/c1-2-3-6-9-15-13(18)10-19-14-16-11-7-4-5-8-12(11)17-14/h4-5,7-8H,2-3,6,9-10H2,1H3,(H,15,18)(H,16,17). The summed E-state index contributed by atoms with van der Waals surface area (Å²) in [5.74, 6) is 0.480. The summed E-state index contributed by atoms with van der Waals surface area (Å²) in [6.45, 7) is 2.92. The van der Waals surface area contributed by atoms with Crippen LogP contribution in [0.5, 0.6) is 0 Å². The number of benzene rings is 1. The number of rotatable bonds is 7. The van der Waals surface area contributed by atoms with Crippen molar-refractivity contribution in [2.75, 3.05) is 12.3 Å². The van der Waals surface area contributed by atoms with Crippen LogP contribution in [-0.2, 0) is 4.79 Å². The van der Waals surface area contributed by atoms with Crippen molar-refractivity contribution in [2.45, 2.75) is 31.3 Å². The van der Waals surface area contributed by atoms with Gasteiger partial charge < -0.3 is 10.3 Å². The first-order valence-corrected chi connectivity index (χ1v) is 7.62. The highest BCUT2D eigenvalue weighted by atomic mass is 32.2. The van der Waals surface area contributed by atoms with Gasteiger partial charge in [0.15, 0.2) is 5.16 Å². The van der Waals surface area contributed by atoms with Gasteiger partial charge in [-0.3, -0.25) is 4.79 Å². The number of aromatic amines is 1. The number of aromatic nitrogens is 2. The molecule has 19 heavy (non-hydrogen) atoms. The molecule has 1 aromatic heterocycles. The van der Waals surface area contributed by atoms with E-state index in [1.54, 1.807) is 0 Å². The lowest BCUT2D eigenvalue weighted by atomic mass is 10.2. The molecule has 2 N–H and O–H groups in total. The fraction of sp³-hybridized carbons (Fsp3) is 0.429. The SMILES string of the molecule is CCCCCNC(=O)CSc1nc2ccccc2[nH]1. The summed E-state index contributed by atoms with van der Waals surface area (Å²) < 4.78 is 0. The van der Waals surface area contributed by atoms with Crippen LogP contribution < -0.4 is 5.32 Å². The molecular formula is C14H19N3OS. The Kier molecular flexibility index (Phi) is 5.27. The number of thioether (sulfide) groups is 1. The van der Waals surface area contributed by atoms with Crippen molar-refractivity contribution in [3.8, 4) is 0 Å². The van der Waals surface area contributed by atoms with Gasteiger partial charge in [0.1, 0.15) is 0 Å². The first-order chi connectivity index (χ1) is 9.29. The molecule has 1 aromatic carbocycles. The van der Waals surface area contributed by atoms with Gasteiger partial charge in [-0.2, -0.15) is 0 Å². The van der Waals surface area contributed by atoms with Crippen molar-refractivity contribution in [2.24, 2.45) is 0 Å². The van der Waals surface area contributed by atoms with Gasteiger partial charge in [0.25, 0.3) is 0 Å². The number of imidazole rings is 1. The lowest BCUT2D eigenvalue weighted by Crippen LogP contribution is -2.26. The Labute approximate surface area is 117 Å². The summed E-state index contributed by atoms with van der Waals surface area (Å²) in [4.78, 5) is 19.2. The van der Waals surface area contributed by atoms with Crippen LogP contribution in [0.25, 0.3) is 11.0 Å². The second-order valence-corrected chi connectivity index (χ2v) is 5.37. The number of amides is 1. The van der Waals surface area contributed by atoms with Gasteiger partial charge in [-0.15, -0.1) is 0 Å². The van der Waals surface area contributed by atoms with E-state index < -0.39 is 0 Å². The molecule has 0 aliphatic rings. The van der Waals surface area contributed by atoms with Crippen LogP contribution in [0.3, 0.4) is 0 Å². The van der Waals surface area contributed by atoms with Crippen molar-refractivity contribution in [1.82, 2.24) is 15.3 Å². The quantitative estimate of drug-likeness (QED) is 0.604. The Hall–Kier alpha value is -1.49. The predicted molar refractivity (Wildman–Crippen MR) is 79.4 cm³/mol. The first-order valence-electron chi connectivity index (χ1n) is 6.64. The summed E-state index contributed by atoms with van der Waals surface area (Å²) >= 11 is 1.44. The fourth-order valence-corrected chi connectivity index (χ4v) is 2.50. The third-order valence-electron chi connectivity index (χ3n) is 2.81. The molecule has 0 bridgehead atoms. The van der Waals surface area contributed by atoms with Gasteiger partial charge in [0, 0.05) is 6.54 Å². The van der Waals surface area contributed by atoms with E-state index in [1.807, 2.05) is 24.3 Å². The minimum absolute atomic E-state index is 0.0709. The minimum Gasteiger partial charge on any atom is -0.355 e. The molecule has 1 amide bonds. The molecule has 5 heteroatoms. The van der Waals surface area contributed by atoms with Gasteiger partial charge in [-0.1, -0.05) is 43.7 Å². The Morgan fingerprint density at radius 1 is 1.37 bits per heavy atom. The van der Waals surface area contributed by atoms with E-state index in [9.17, 15) is 4.79 Å². The number of fused-ring (bicyclic) bond motifs is 1. The van der Waals surface area contributed by atoms with E-state index in [1.165, 1.54) is 18.2 Å². The van der Waals surface area contributed by atoms with E-state index in [4.69, 9.17) is 0 Å². The Morgan fingerprint density at radius 2 is 2.21 bits per heavy atom. The second-order valence-electron chi connectivity index (χ2n) is 4.40.